The molecule has 0 fully saturated rings. The molecule has 0 saturated heterocycles. The zero-order chi connectivity index (χ0) is 23.2. The van der Waals surface area contributed by atoms with Crippen molar-refractivity contribution in [1.29, 1.82) is 0 Å². The van der Waals surface area contributed by atoms with Crippen LogP contribution in [0.1, 0.15) is 44.7 Å². The predicted octanol–water partition coefficient (Wildman–Crippen LogP) is 5.68. The summed E-state index contributed by atoms with van der Waals surface area (Å²) in [5.74, 6) is 1.03. The van der Waals surface area contributed by atoms with Crippen LogP contribution < -0.4 is 4.74 Å². The molecule has 170 valence electrons. The van der Waals surface area contributed by atoms with E-state index in [1.54, 1.807) is 18.3 Å². The van der Waals surface area contributed by atoms with Gasteiger partial charge in [-0.2, -0.15) is 0 Å². The fourth-order valence-corrected chi connectivity index (χ4v) is 5.81. The van der Waals surface area contributed by atoms with E-state index in [9.17, 15) is 8.42 Å². The Morgan fingerprint density at radius 1 is 1.00 bits per heavy atom. The summed E-state index contributed by atoms with van der Waals surface area (Å²) in [6.07, 6.45) is 1.72. The van der Waals surface area contributed by atoms with Gasteiger partial charge in [-0.25, -0.2) is 12.4 Å². The monoisotopic (exact) mass is 472 g/mol. The molecule has 1 aliphatic heterocycles. The molecule has 0 bridgehead atoms. The van der Waals surface area contributed by atoms with Crippen molar-refractivity contribution in [3.8, 4) is 5.75 Å². The minimum absolute atomic E-state index is 0.0154. The van der Waals surface area contributed by atoms with Gasteiger partial charge in [-0.15, -0.1) is 0 Å². The van der Waals surface area contributed by atoms with E-state index in [-0.39, 0.29) is 11.0 Å². The van der Waals surface area contributed by atoms with E-state index < -0.39 is 10.0 Å². The standard InChI is InChI=1S/C25H29ClN2O3S/c1-16(2)18-6-9-20(10-7-18)32(29,30)28-14-22(23-13-27(5)15-24(23)26)21-12-19(31-17(3)4)8-11-25(21)28/h6-12,14,16-17H,13,15H2,1-5H3. The number of likely N-dealkylation sites (N-methyl/N-ethyl adjacent to an activating group) is 1. The van der Waals surface area contributed by atoms with Crippen LogP contribution >= 0.6 is 11.6 Å². The SMILES string of the molecule is CC(C)Oc1ccc2c(c1)c(C1=C(Cl)CN(C)C1)cn2S(=O)(=O)c1ccc(C(C)C)cc1. The van der Waals surface area contributed by atoms with E-state index in [2.05, 4.69) is 18.7 Å². The van der Waals surface area contributed by atoms with Gasteiger partial charge in [-0.3, -0.25) is 4.90 Å². The summed E-state index contributed by atoms with van der Waals surface area (Å²) in [6.45, 7) is 9.41. The van der Waals surface area contributed by atoms with Gasteiger partial charge >= 0.3 is 0 Å². The van der Waals surface area contributed by atoms with Gasteiger partial charge in [0.25, 0.3) is 10.0 Å². The number of benzene rings is 2. The fourth-order valence-electron chi connectivity index (χ4n) is 4.08. The Morgan fingerprint density at radius 2 is 1.69 bits per heavy atom. The molecule has 2 heterocycles. The van der Waals surface area contributed by atoms with E-state index in [4.69, 9.17) is 16.3 Å². The number of rotatable bonds is 6. The lowest BCUT2D eigenvalue weighted by atomic mass is 10.0. The van der Waals surface area contributed by atoms with E-state index in [0.29, 0.717) is 30.3 Å². The lowest BCUT2D eigenvalue weighted by molar-refractivity contribution is 0.243. The van der Waals surface area contributed by atoms with Crippen LogP contribution in [0.15, 0.2) is 58.6 Å². The highest BCUT2D eigenvalue weighted by atomic mass is 35.5. The van der Waals surface area contributed by atoms with Crippen molar-refractivity contribution in [2.24, 2.45) is 0 Å². The van der Waals surface area contributed by atoms with Gasteiger partial charge in [0.15, 0.2) is 0 Å². The molecule has 0 atom stereocenters. The van der Waals surface area contributed by atoms with Crippen molar-refractivity contribution in [3.63, 3.8) is 0 Å². The Hall–Kier alpha value is -2.28. The highest BCUT2D eigenvalue weighted by Crippen LogP contribution is 2.37. The molecule has 0 spiro atoms. The van der Waals surface area contributed by atoms with Crippen LogP contribution in [0.25, 0.3) is 16.5 Å². The zero-order valence-corrected chi connectivity index (χ0v) is 20.7. The summed E-state index contributed by atoms with van der Waals surface area (Å²) in [4.78, 5) is 2.37. The second-order valence-electron chi connectivity index (χ2n) is 8.97. The average molecular weight is 473 g/mol. The molecule has 1 aromatic heterocycles. The minimum Gasteiger partial charge on any atom is -0.491 e. The maximum absolute atomic E-state index is 13.6. The predicted molar refractivity (Wildman–Crippen MR) is 131 cm³/mol. The van der Waals surface area contributed by atoms with Gasteiger partial charge in [-0.05, 0) is 68.3 Å². The van der Waals surface area contributed by atoms with Crippen LogP contribution in [0.5, 0.6) is 5.75 Å². The number of aromatic nitrogens is 1. The molecule has 5 nitrogen and oxygen atoms in total. The third-order valence-electron chi connectivity index (χ3n) is 5.71. The lowest BCUT2D eigenvalue weighted by Gasteiger charge is -2.11. The molecule has 32 heavy (non-hydrogen) atoms. The molecule has 7 heteroatoms. The summed E-state index contributed by atoms with van der Waals surface area (Å²) >= 11 is 6.57. The topological polar surface area (TPSA) is 51.5 Å². The first kappa shape index (κ1) is 22.9. The average Bonchev–Trinajstić information content (AvgIpc) is 3.26. The Morgan fingerprint density at radius 3 is 2.25 bits per heavy atom. The first-order valence-electron chi connectivity index (χ1n) is 10.8. The van der Waals surface area contributed by atoms with Crippen molar-refractivity contribution in [3.05, 3.63) is 64.8 Å². The number of halogens is 1. The van der Waals surface area contributed by atoms with E-state index >= 15 is 0 Å². The molecular weight excluding hydrogens is 444 g/mol. The Labute approximate surface area is 195 Å². The van der Waals surface area contributed by atoms with Crippen molar-refractivity contribution < 1.29 is 13.2 Å². The first-order valence-corrected chi connectivity index (χ1v) is 12.6. The van der Waals surface area contributed by atoms with E-state index in [1.807, 2.05) is 51.2 Å². The molecule has 0 aliphatic carbocycles. The van der Waals surface area contributed by atoms with Gasteiger partial charge in [0.05, 0.1) is 16.5 Å². The van der Waals surface area contributed by atoms with Gasteiger partial charge in [-0.1, -0.05) is 37.6 Å². The van der Waals surface area contributed by atoms with Crippen molar-refractivity contribution >= 4 is 38.1 Å². The van der Waals surface area contributed by atoms with Gasteiger partial charge in [0, 0.05) is 35.3 Å². The highest BCUT2D eigenvalue weighted by molar-refractivity contribution is 7.90. The molecule has 4 rings (SSSR count). The Bertz CT molecular complexity index is 1290. The third-order valence-corrected chi connectivity index (χ3v) is 7.74. The maximum Gasteiger partial charge on any atom is 0.268 e. The fraction of sp³-hybridized carbons (Fsp3) is 0.360. The highest BCUT2D eigenvalue weighted by Gasteiger charge is 2.27. The van der Waals surface area contributed by atoms with Gasteiger partial charge in [0.2, 0.25) is 0 Å². The van der Waals surface area contributed by atoms with Crippen LogP contribution in [0.4, 0.5) is 0 Å². The normalized spacial score (nSPS) is 15.5. The first-order chi connectivity index (χ1) is 15.1. The summed E-state index contributed by atoms with van der Waals surface area (Å²) in [6, 6.07) is 12.7. The van der Waals surface area contributed by atoms with Gasteiger partial charge < -0.3 is 4.74 Å². The molecule has 1 aliphatic rings. The summed E-state index contributed by atoms with van der Waals surface area (Å²) in [5, 5.41) is 1.55. The molecule has 3 aromatic rings. The number of fused-ring (bicyclic) bond motifs is 1. The van der Waals surface area contributed by atoms with Crippen molar-refractivity contribution in [1.82, 2.24) is 8.87 Å². The van der Waals surface area contributed by atoms with Crippen LogP contribution in [0, 0.1) is 0 Å². The second kappa shape index (κ2) is 8.58. The Kier molecular flexibility index (Phi) is 6.14. The number of hydrogen-bond donors (Lipinski definition) is 0. The van der Waals surface area contributed by atoms with Crippen LogP contribution in [-0.4, -0.2) is 43.5 Å². The molecule has 0 saturated carbocycles. The minimum atomic E-state index is -3.79. The summed E-state index contributed by atoms with van der Waals surface area (Å²) in [5.41, 5.74) is 3.48. The summed E-state index contributed by atoms with van der Waals surface area (Å²) in [7, 11) is -1.79. The Balaban J connectivity index is 1.90. The van der Waals surface area contributed by atoms with Crippen molar-refractivity contribution in [2.45, 2.75) is 44.6 Å². The third kappa shape index (κ3) is 4.19. The van der Waals surface area contributed by atoms with E-state index in [0.717, 1.165) is 27.1 Å². The maximum atomic E-state index is 13.6. The summed E-state index contributed by atoms with van der Waals surface area (Å²) < 4.78 is 34.5. The molecule has 0 unspecified atom stereocenters. The second-order valence-corrected chi connectivity index (χ2v) is 11.2. The van der Waals surface area contributed by atoms with Crippen molar-refractivity contribution in [2.75, 3.05) is 20.1 Å². The quantitative estimate of drug-likeness (QED) is 0.462. The molecule has 2 aromatic carbocycles. The van der Waals surface area contributed by atoms with Crippen LogP contribution in [0.3, 0.4) is 0 Å². The number of ether oxygens (including phenoxy) is 1. The van der Waals surface area contributed by atoms with E-state index in [1.165, 1.54) is 3.97 Å². The molecular formula is C25H29ClN2O3S. The molecule has 0 radical (unpaired) electrons. The van der Waals surface area contributed by atoms with Crippen LogP contribution in [-0.2, 0) is 10.0 Å². The lowest BCUT2D eigenvalue weighted by Crippen LogP contribution is -2.14. The largest absolute Gasteiger partial charge is 0.491 e. The molecule has 0 N–H and O–H groups in total. The zero-order valence-electron chi connectivity index (χ0n) is 19.1. The van der Waals surface area contributed by atoms with Gasteiger partial charge in [0.1, 0.15) is 5.75 Å². The molecule has 0 amide bonds. The number of hydrogen-bond acceptors (Lipinski definition) is 4. The number of nitrogens with zero attached hydrogens (tertiary/aromatic N) is 2. The van der Waals surface area contributed by atoms with Crippen LogP contribution in [0.2, 0.25) is 0 Å². The smallest absolute Gasteiger partial charge is 0.268 e.